The van der Waals surface area contributed by atoms with Crippen LogP contribution in [0, 0.1) is 0 Å². The van der Waals surface area contributed by atoms with E-state index in [9.17, 15) is 5.11 Å². The predicted molar refractivity (Wildman–Crippen MR) is 83.1 cm³/mol. The maximum absolute atomic E-state index is 10.3. The summed E-state index contributed by atoms with van der Waals surface area (Å²) in [6.45, 7) is 4.83. The number of ether oxygens (including phenoxy) is 3. The fourth-order valence-electron chi connectivity index (χ4n) is 2.07. The number of nitrogens with one attached hydrogen (secondary N) is 1. The first-order chi connectivity index (χ1) is 9.93. The van der Waals surface area contributed by atoms with Gasteiger partial charge in [-0.05, 0) is 32.0 Å². The first-order valence-corrected chi connectivity index (χ1v) is 7.10. The Hall–Kier alpha value is -1.30. The highest BCUT2D eigenvalue weighted by molar-refractivity contribution is 5.42. The van der Waals surface area contributed by atoms with Gasteiger partial charge >= 0.3 is 0 Å². The molecular formula is C16H27NO4. The third-order valence-corrected chi connectivity index (χ3v) is 3.54. The first kappa shape index (κ1) is 17.8. The van der Waals surface area contributed by atoms with Crippen molar-refractivity contribution in [3.63, 3.8) is 0 Å². The highest BCUT2D eigenvalue weighted by Gasteiger charge is 2.22. The van der Waals surface area contributed by atoms with Crippen LogP contribution in [0.2, 0.25) is 0 Å². The van der Waals surface area contributed by atoms with Gasteiger partial charge in [0.2, 0.25) is 0 Å². The molecule has 1 rings (SSSR count). The molecule has 0 fully saturated rings. The van der Waals surface area contributed by atoms with Gasteiger partial charge in [0.25, 0.3) is 0 Å². The van der Waals surface area contributed by atoms with Crippen LogP contribution >= 0.6 is 0 Å². The lowest BCUT2D eigenvalue weighted by Gasteiger charge is -2.26. The predicted octanol–water partition coefficient (Wildman–Crippen LogP) is 2.14. The average Bonchev–Trinajstić information content (AvgIpc) is 2.50. The molecule has 1 aromatic rings. The first-order valence-electron chi connectivity index (χ1n) is 7.10. The second kappa shape index (κ2) is 8.22. The van der Waals surface area contributed by atoms with Crippen molar-refractivity contribution in [2.45, 2.75) is 31.9 Å². The molecular weight excluding hydrogens is 270 g/mol. The minimum Gasteiger partial charge on any atom is -0.497 e. The third kappa shape index (κ3) is 5.53. The molecule has 120 valence electrons. The van der Waals surface area contributed by atoms with Gasteiger partial charge in [-0.2, -0.15) is 0 Å². The molecule has 0 amide bonds. The van der Waals surface area contributed by atoms with Crippen LogP contribution in [0.4, 0.5) is 0 Å². The lowest BCUT2D eigenvalue weighted by atomic mass is 10.0. The van der Waals surface area contributed by atoms with Gasteiger partial charge in [0, 0.05) is 38.3 Å². The molecule has 2 N–H and O–H groups in total. The second-order valence-corrected chi connectivity index (χ2v) is 5.45. The Morgan fingerprint density at radius 1 is 1.24 bits per heavy atom. The Morgan fingerprint density at radius 3 is 2.52 bits per heavy atom. The van der Waals surface area contributed by atoms with Crippen LogP contribution in [0.5, 0.6) is 11.5 Å². The number of aliphatic hydroxyl groups is 1. The molecule has 0 spiro atoms. The summed E-state index contributed by atoms with van der Waals surface area (Å²) in [5.41, 5.74) is 0.190. The summed E-state index contributed by atoms with van der Waals surface area (Å²) in [7, 11) is 4.92. The molecule has 2 atom stereocenters. The van der Waals surface area contributed by atoms with Crippen LogP contribution < -0.4 is 14.8 Å². The minimum atomic E-state index is -0.809. The van der Waals surface area contributed by atoms with Gasteiger partial charge in [-0.25, -0.2) is 0 Å². The van der Waals surface area contributed by atoms with Crippen LogP contribution in [-0.4, -0.2) is 45.2 Å². The second-order valence-electron chi connectivity index (χ2n) is 5.45. The van der Waals surface area contributed by atoms with E-state index in [0.29, 0.717) is 19.6 Å². The van der Waals surface area contributed by atoms with E-state index in [0.717, 1.165) is 17.1 Å². The highest BCUT2D eigenvalue weighted by Crippen LogP contribution is 2.29. The van der Waals surface area contributed by atoms with Crippen molar-refractivity contribution in [3.8, 4) is 11.5 Å². The Morgan fingerprint density at radius 2 is 1.95 bits per heavy atom. The summed E-state index contributed by atoms with van der Waals surface area (Å²) in [6, 6.07) is 5.73. The number of methoxy groups -OCH3 is 3. The van der Waals surface area contributed by atoms with Gasteiger partial charge in [0.05, 0.1) is 19.8 Å². The van der Waals surface area contributed by atoms with Crippen molar-refractivity contribution in [1.82, 2.24) is 5.32 Å². The maximum atomic E-state index is 10.3. The van der Waals surface area contributed by atoms with Crippen molar-refractivity contribution in [2.75, 3.05) is 34.5 Å². The Labute approximate surface area is 127 Å². The normalized spacial score (nSPS) is 15.3. The molecule has 0 aliphatic heterocycles. The summed E-state index contributed by atoms with van der Waals surface area (Å²) in [5, 5.41) is 13.6. The Balaban J connectivity index is 2.72. The van der Waals surface area contributed by atoms with E-state index in [-0.39, 0.29) is 6.04 Å². The summed E-state index contributed by atoms with van der Waals surface area (Å²) in [6.07, 6.45) is 0.582. The van der Waals surface area contributed by atoms with Crippen LogP contribution in [-0.2, 0) is 4.74 Å². The topological polar surface area (TPSA) is 60.0 Å². The van der Waals surface area contributed by atoms with Gasteiger partial charge in [-0.1, -0.05) is 0 Å². The van der Waals surface area contributed by atoms with Gasteiger partial charge in [-0.15, -0.1) is 0 Å². The largest absolute Gasteiger partial charge is 0.497 e. The highest BCUT2D eigenvalue weighted by atomic mass is 16.5. The molecule has 5 nitrogen and oxygen atoms in total. The number of benzene rings is 1. The van der Waals surface area contributed by atoms with Gasteiger partial charge in [0.1, 0.15) is 11.5 Å². The number of hydrogen-bond acceptors (Lipinski definition) is 5. The van der Waals surface area contributed by atoms with E-state index in [4.69, 9.17) is 14.2 Å². The number of rotatable bonds is 9. The zero-order valence-electron chi connectivity index (χ0n) is 13.6. The van der Waals surface area contributed by atoms with Crippen LogP contribution in [0.15, 0.2) is 18.2 Å². The molecule has 0 aliphatic rings. The molecule has 0 heterocycles. The summed E-state index contributed by atoms with van der Waals surface area (Å²) in [5.74, 6) is 1.58. The fourth-order valence-corrected chi connectivity index (χ4v) is 2.07. The quantitative estimate of drug-likeness (QED) is 0.731. The molecule has 1 aromatic carbocycles. The maximum Gasteiger partial charge on any atom is 0.123 e. The van der Waals surface area contributed by atoms with Crippen molar-refractivity contribution < 1.29 is 19.3 Å². The van der Waals surface area contributed by atoms with E-state index in [1.165, 1.54) is 0 Å². The van der Waals surface area contributed by atoms with E-state index in [2.05, 4.69) is 5.32 Å². The fraction of sp³-hybridized carbons (Fsp3) is 0.625. The average molecular weight is 297 g/mol. The smallest absolute Gasteiger partial charge is 0.123 e. The van der Waals surface area contributed by atoms with E-state index in [1.54, 1.807) is 28.3 Å². The minimum absolute atomic E-state index is 0.0315. The zero-order valence-corrected chi connectivity index (χ0v) is 13.6. The molecule has 21 heavy (non-hydrogen) atoms. The molecule has 2 unspecified atom stereocenters. The summed E-state index contributed by atoms with van der Waals surface area (Å²) < 4.78 is 15.7. The molecule has 0 radical (unpaired) electrons. The van der Waals surface area contributed by atoms with Gasteiger partial charge < -0.3 is 24.6 Å². The molecule has 5 heteroatoms. The SMILES string of the molecule is COCCC(C)(O)CNC(C)c1cc(OC)ccc1OC. The Kier molecular flexibility index (Phi) is 6.95. The molecule has 0 saturated heterocycles. The molecule has 0 aliphatic carbocycles. The van der Waals surface area contributed by atoms with Crippen molar-refractivity contribution in [2.24, 2.45) is 0 Å². The third-order valence-electron chi connectivity index (χ3n) is 3.54. The van der Waals surface area contributed by atoms with E-state index in [1.807, 2.05) is 25.1 Å². The summed E-state index contributed by atoms with van der Waals surface area (Å²) in [4.78, 5) is 0. The number of hydrogen-bond donors (Lipinski definition) is 2. The summed E-state index contributed by atoms with van der Waals surface area (Å²) >= 11 is 0. The van der Waals surface area contributed by atoms with Gasteiger partial charge in [-0.3, -0.25) is 0 Å². The Bertz CT molecular complexity index is 434. The van der Waals surface area contributed by atoms with Crippen molar-refractivity contribution in [1.29, 1.82) is 0 Å². The molecule has 0 saturated carbocycles. The van der Waals surface area contributed by atoms with Gasteiger partial charge in [0.15, 0.2) is 0 Å². The monoisotopic (exact) mass is 297 g/mol. The van der Waals surface area contributed by atoms with E-state index >= 15 is 0 Å². The zero-order chi connectivity index (χ0) is 15.9. The van der Waals surface area contributed by atoms with Crippen molar-refractivity contribution >= 4 is 0 Å². The van der Waals surface area contributed by atoms with E-state index < -0.39 is 5.60 Å². The van der Waals surface area contributed by atoms with Crippen molar-refractivity contribution in [3.05, 3.63) is 23.8 Å². The standard InChI is InChI=1S/C16H27NO4/c1-12(17-11-16(2,18)8-9-19-3)14-10-13(20-4)6-7-15(14)21-5/h6-7,10,12,17-18H,8-9,11H2,1-5H3. The molecule has 0 bridgehead atoms. The van der Waals surface area contributed by atoms with Crippen LogP contribution in [0.1, 0.15) is 31.9 Å². The van der Waals surface area contributed by atoms with Crippen LogP contribution in [0.25, 0.3) is 0 Å². The lowest BCUT2D eigenvalue weighted by molar-refractivity contribution is 0.0230. The van der Waals surface area contributed by atoms with Crippen LogP contribution in [0.3, 0.4) is 0 Å². The lowest BCUT2D eigenvalue weighted by Crippen LogP contribution is -2.39. The molecule has 0 aromatic heterocycles.